The zero-order valence-electron chi connectivity index (χ0n) is 19.7. The summed E-state index contributed by atoms with van der Waals surface area (Å²) in [6, 6.07) is 14.8. The highest BCUT2D eigenvalue weighted by molar-refractivity contribution is 5.82. The maximum Gasteiger partial charge on any atom is 0.214 e. The fraction of sp³-hybridized carbons (Fsp3) is 0.346. The van der Waals surface area contributed by atoms with Gasteiger partial charge in [-0.1, -0.05) is 18.2 Å². The standard InChI is InChI=1S/C26H31FN6O/c1-31(2)23-11-14-32(18-23)25-9-8-24(33(19-34)17-21-6-4-12-28-16-21)26(30-25)29-13-10-20-5-3-7-22(27)15-20/h3-9,12,15-16,19,23H,10-11,13-14,17-18H2,1-2H3,(H,29,30)/t23-/m1/s1. The molecule has 34 heavy (non-hydrogen) atoms. The summed E-state index contributed by atoms with van der Waals surface area (Å²) in [5, 5.41) is 3.39. The summed E-state index contributed by atoms with van der Waals surface area (Å²) in [4.78, 5) is 27.3. The molecule has 4 rings (SSSR count). The van der Waals surface area contributed by atoms with Crippen molar-refractivity contribution in [1.29, 1.82) is 0 Å². The molecule has 1 aliphatic rings. The molecule has 0 unspecified atom stereocenters. The summed E-state index contributed by atoms with van der Waals surface area (Å²) >= 11 is 0. The molecule has 178 valence electrons. The number of aromatic nitrogens is 2. The van der Waals surface area contributed by atoms with Crippen LogP contribution < -0.4 is 15.1 Å². The molecular weight excluding hydrogens is 431 g/mol. The molecule has 1 N–H and O–H groups in total. The number of anilines is 3. The number of carbonyl (C=O) groups excluding carboxylic acids is 1. The molecule has 7 nitrogen and oxygen atoms in total. The molecule has 3 aromatic rings. The molecule has 8 heteroatoms. The van der Waals surface area contributed by atoms with Crippen LogP contribution in [0, 0.1) is 5.82 Å². The SMILES string of the molecule is CN(C)[C@@H]1CCN(c2ccc(N(C=O)Cc3cccnc3)c(NCCc3cccc(F)c3)n2)C1. The van der Waals surface area contributed by atoms with Crippen LogP contribution in [0.15, 0.2) is 60.9 Å². The molecule has 0 spiro atoms. The Bertz CT molecular complexity index is 1090. The number of hydrogen-bond acceptors (Lipinski definition) is 6. The first-order valence-electron chi connectivity index (χ1n) is 11.5. The predicted octanol–water partition coefficient (Wildman–Crippen LogP) is 3.57. The Hall–Kier alpha value is -3.52. The van der Waals surface area contributed by atoms with Gasteiger partial charge in [0.05, 0.1) is 12.2 Å². The van der Waals surface area contributed by atoms with Crippen molar-refractivity contribution in [2.24, 2.45) is 0 Å². The number of rotatable bonds is 10. The predicted molar refractivity (Wildman–Crippen MR) is 134 cm³/mol. The Morgan fingerprint density at radius 2 is 2.03 bits per heavy atom. The van der Waals surface area contributed by atoms with E-state index in [1.54, 1.807) is 23.4 Å². The second-order valence-corrected chi connectivity index (χ2v) is 8.79. The fourth-order valence-corrected chi connectivity index (χ4v) is 4.24. The van der Waals surface area contributed by atoms with E-state index in [1.165, 1.54) is 12.1 Å². The monoisotopic (exact) mass is 462 g/mol. The van der Waals surface area contributed by atoms with Crippen molar-refractivity contribution in [2.45, 2.75) is 25.4 Å². The van der Waals surface area contributed by atoms with E-state index in [0.29, 0.717) is 37.1 Å². The van der Waals surface area contributed by atoms with Gasteiger partial charge in [0.25, 0.3) is 0 Å². The van der Waals surface area contributed by atoms with Crippen molar-refractivity contribution in [2.75, 3.05) is 48.8 Å². The summed E-state index contributed by atoms with van der Waals surface area (Å²) < 4.78 is 13.6. The van der Waals surface area contributed by atoms with E-state index in [9.17, 15) is 9.18 Å². The first kappa shape index (κ1) is 23.6. The number of likely N-dealkylation sites (N-methyl/N-ethyl adjacent to an activating group) is 1. The largest absolute Gasteiger partial charge is 0.368 e. The number of benzene rings is 1. The molecular formula is C26H31FN6O. The van der Waals surface area contributed by atoms with Crippen LogP contribution in [0.3, 0.4) is 0 Å². The highest BCUT2D eigenvalue weighted by Crippen LogP contribution is 2.30. The maximum atomic E-state index is 13.6. The van der Waals surface area contributed by atoms with E-state index in [-0.39, 0.29) is 5.82 Å². The van der Waals surface area contributed by atoms with Crippen LogP contribution in [0.2, 0.25) is 0 Å². The minimum absolute atomic E-state index is 0.244. The van der Waals surface area contributed by atoms with Gasteiger partial charge in [-0.15, -0.1) is 0 Å². The Balaban J connectivity index is 1.56. The number of halogens is 1. The Morgan fingerprint density at radius 1 is 1.18 bits per heavy atom. The van der Waals surface area contributed by atoms with E-state index in [4.69, 9.17) is 4.98 Å². The normalized spacial score (nSPS) is 15.5. The summed E-state index contributed by atoms with van der Waals surface area (Å²) in [7, 11) is 4.20. The molecule has 1 fully saturated rings. The quantitative estimate of drug-likeness (QED) is 0.465. The minimum Gasteiger partial charge on any atom is -0.368 e. The Morgan fingerprint density at radius 3 is 2.74 bits per heavy atom. The van der Waals surface area contributed by atoms with Gasteiger partial charge in [0, 0.05) is 38.1 Å². The van der Waals surface area contributed by atoms with E-state index < -0.39 is 0 Å². The molecule has 0 radical (unpaired) electrons. The third-order valence-electron chi connectivity index (χ3n) is 6.18. The van der Waals surface area contributed by atoms with Crippen LogP contribution in [0.4, 0.5) is 21.7 Å². The molecule has 1 saturated heterocycles. The lowest BCUT2D eigenvalue weighted by Gasteiger charge is -2.25. The summed E-state index contributed by atoms with van der Waals surface area (Å²) in [5.41, 5.74) is 2.53. The second-order valence-electron chi connectivity index (χ2n) is 8.79. The van der Waals surface area contributed by atoms with Crippen LogP contribution in [-0.2, 0) is 17.8 Å². The maximum absolute atomic E-state index is 13.6. The van der Waals surface area contributed by atoms with Crippen LogP contribution in [0.1, 0.15) is 17.5 Å². The lowest BCUT2D eigenvalue weighted by atomic mass is 10.1. The Labute approximate surface area is 200 Å². The molecule has 2 aromatic heterocycles. The van der Waals surface area contributed by atoms with Gasteiger partial charge < -0.3 is 20.0 Å². The average molecular weight is 463 g/mol. The van der Waals surface area contributed by atoms with E-state index in [0.717, 1.165) is 42.9 Å². The molecule has 0 bridgehead atoms. The molecule has 1 aliphatic heterocycles. The summed E-state index contributed by atoms with van der Waals surface area (Å²) in [5.74, 6) is 1.28. The van der Waals surface area contributed by atoms with E-state index in [2.05, 4.69) is 34.2 Å². The van der Waals surface area contributed by atoms with Gasteiger partial charge in [-0.05, 0) is 68.4 Å². The topological polar surface area (TPSA) is 64.6 Å². The average Bonchev–Trinajstić information content (AvgIpc) is 3.34. The van der Waals surface area contributed by atoms with Gasteiger partial charge in [0.15, 0.2) is 5.82 Å². The third kappa shape index (κ3) is 5.88. The highest BCUT2D eigenvalue weighted by Gasteiger charge is 2.26. The van der Waals surface area contributed by atoms with Crippen molar-refractivity contribution >= 4 is 23.7 Å². The number of carbonyl (C=O) groups is 1. The van der Waals surface area contributed by atoms with Crippen LogP contribution in [-0.4, -0.2) is 61.0 Å². The lowest BCUT2D eigenvalue weighted by molar-refractivity contribution is -0.107. The summed E-state index contributed by atoms with van der Waals surface area (Å²) in [6.07, 6.45) is 6.00. The van der Waals surface area contributed by atoms with Crippen molar-refractivity contribution in [3.8, 4) is 0 Å². The molecule has 1 atom stereocenters. The molecule has 1 amide bonds. The number of amides is 1. The van der Waals surface area contributed by atoms with Gasteiger partial charge >= 0.3 is 0 Å². The second kappa shape index (κ2) is 11.1. The highest BCUT2D eigenvalue weighted by atomic mass is 19.1. The van der Waals surface area contributed by atoms with Gasteiger partial charge in [0.1, 0.15) is 11.6 Å². The molecule has 3 heterocycles. The summed E-state index contributed by atoms with van der Waals surface area (Å²) in [6.45, 7) is 2.80. The number of nitrogens with zero attached hydrogens (tertiary/aromatic N) is 5. The molecule has 1 aromatic carbocycles. The van der Waals surface area contributed by atoms with Crippen molar-refractivity contribution in [1.82, 2.24) is 14.9 Å². The third-order valence-corrected chi connectivity index (χ3v) is 6.18. The van der Waals surface area contributed by atoms with Crippen LogP contribution in [0.5, 0.6) is 0 Å². The Kier molecular flexibility index (Phi) is 7.69. The van der Waals surface area contributed by atoms with Gasteiger partial charge in [-0.25, -0.2) is 9.37 Å². The van der Waals surface area contributed by atoms with Gasteiger partial charge in [0.2, 0.25) is 6.41 Å². The number of pyridine rings is 2. The van der Waals surface area contributed by atoms with Crippen LogP contribution in [0.25, 0.3) is 0 Å². The number of nitrogens with one attached hydrogen (secondary N) is 1. The number of hydrogen-bond donors (Lipinski definition) is 1. The van der Waals surface area contributed by atoms with Crippen molar-refractivity contribution in [3.63, 3.8) is 0 Å². The molecule has 0 saturated carbocycles. The minimum atomic E-state index is -0.244. The first-order valence-corrected chi connectivity index (χ1v) is 11.5. The zero-order valence-corrected chi connectivity index (χ0v) is 19.7. The van der Waals surface area contributed by atoms with Crippen LogP contribution >= 0.6 is 0 Å². The van der Waals surface area contributed by atoms with Gasteiger partial charge in [-0.2, -0.15) is 0 Å². The van der Waals surface area contributed by atoms with Crippen molar-refractivity contribution in [3.05, 3.63) is 77.9 Å². The fourth-order valence-electron chi connectivity index (χ4n) is 4.24. The zero-order chi connectivity index (χ0) is 23.9. The van der Waals surface area contributed by atoms with Gasteiger partial charge in [-0.3, -0.25) is 9.78 Å². The lowest BCUT2D eigenvalue weighted by Crippen LogP contribution is -2.32. The molecule has 0 aliphatic carbocycles. The van der Waals surface area contributed by atoms with E-state index in [1.807, 2.05) is 30.3 Å². The van der Waals surface area contributed by atoms with E-state index >= 15 is 0 Å². The van der Waals surface area contributed by atoms with Crippen molar-refractivity contribution < 1.29 is 9.18 Å². The smallest absolute Gasteiger partial charge is 0.214 e. The first-order chi connectivity index (χ1) is 16.5.